The summed E-state index contributed by atoms with van der Waals surface area (Å²) < 4.78 is 5.36. The van der Waals surface area contributed by atoms with Gasteiger partial charge in [-0.05, 0) is 43.0 Å². The minimum absolute atomic E-state index is 0.0952. The van der Waals surface area contributed by atoms with Gasteiger partial charge in [-0.1, -0.05) is 0 Å². The largest absolute Gasteiger partial charge is 0.378 e. The van der Waals surface area contributed by atoms with Crippen molar-refractivity contribution in [2.45, 2.75) is 13.8 Å². The number of nitrogens with zero attached hydrogens (tertiary/aromatic N) is 2. The van der Waals surface area contributed by atoms with Gasteiger partial charge in [-0.15, -0.1) is 0 Å². The fourth-order valence-electron chi connectivity index (χ4n) is 2.65. The van der Waals surface area contributed by atoms with E-state index in [-0.39, 0.29) is 5.78 Å². The number of benzene rings is 1. The molecular formula is C16H18N2O2. The molecule has 0 spiro atoms. The number of anilines is 1. The second-order valence-electron chi connectivity index (χ2n) is 5.23. The number of rotatable bonds is 2. The van der Waals surface area contributed by atoms with Gasteiger partial charge in [-0.3, -0.25) is 4.79 Å². The molecule has 0 saturated carbocycles. The summed E-state index contributed by atoms with van der Waals surface area (Å²) in [6.07, 6.45) is 1.86. The number of fused-ring (bicyclic) bond motifs is 1. The molecule has 1 aliphatic heterocycles. The van der Waals surface area contributed by atoms with E-state index in [1.54, 1.807) is 6.92 Å². The monoisotopic (exact) mass is 270 g/mol. The lowest BCUT2D eigenvalue weighted by Gasteiger charge is -2.28. The molecule has 4 heteroatoms. The molecule has 3 rings (SSSR count). The van der Waals surface area contributed by atoms with Gasteiger partial charge in [0.1, 0.15) is 5.82 Å². The maximum absolute atomic E-state index is 11.8. The minimum atomic E-state index is 0.0952. The van der Waals surface area contributed by atoms with Crippen LogP contribution in [0.5, 0.6) is 0 Å². The molecule has 0 unspecified atom stereocenters. The van der Waals surface area contributed by atoms with Crippen LogP contribution < -0.4 is 4.90 Å². The summed E-state index contributed by atoms with van der Waals surface area (Å²) in [5.41, 5.74) is 1.86. The van der Waals surface area contributed by atoms with E-state index in [1.807, 2.05) is 25.3 Å². The molecule has 0 N–H and O–H groups in total. The Bertz CT molecular complexity index is 661. The normalized spacial score (nSPS) is 15.6. The van der Waals surface area contributed by atoms with Crippen LogP contribution in [0, 0.1) is 6.92 Å². The first kappa shape index (κ1) is 13.1. The molecule has 1 aliphatic rings. The Morgan fingerprint density at radius 1 is 1.25 bits per heavy atom. The second-order valence-corrected chi connectivity index (χ2v) is 5.23. The molecule has 2 heterocycles. The summed E-state index contributed by atoms with van der Waals surface area (Å²) >= 11 is 0. The van der Waals surface area contributed by atoms with Crippen LogP contribution in [0.3, 0.4) is 0 Å². The van der Waals surface area contributed by atoms with Crippen LogP contribution in [0.2, 0.25) is 0 Å². The summed E-state index contributed by atoms with van der Waals surface area (Å²) in [6, 6.07) is 6.04. The Kier molecular flexibility index (Phi) is 3.40. The predicted molar refractivity (Wildman–Crippen MR) is 79.5 cm³/mol. The molecule has 20 heavy (non-hydrogen) atoms. The molecule has 1 aromatic carbocycles. The van der Waals surface area contributed by atoms with Crippen LogP contribution in [-0.2, 0) is 4.74 Å². The number of hydrogen-bond acceptors (Lipinski definition) is 4. The molecule has 0 atom stereocenters. The number of aryl methyl sites for hydroxylation is 1. The summed E-state index contributed by atoms with van der Waals surface area (Å²) in [4.78, 5) is 18.6. The van der Waals surface area contributed by atoms with Crippen molar-refractivity contribution in [3.05, 3.63) is 35.5 Å². The topological polar surface area (TPSA) is 42.4 Å². The lowest BCUT2D eigenvalue weighted by atomic mass is 10.0. The first-order valence-electron chi connectivity index (χ1n) is 6.89. The predicted octanol–water partition coefficient (Wildman–Crippen LogP) is 2.58. The number of aromatic nitrogens is 1. The summed E-state index contributed by atoms with van der Waals surface area (Å²) in [5, 5.41) is 2.01. The first-order valence-corrected chi connectivity index (χ1v) is 6.89. The van der Waals surface area contributed by atoms with Gasteiger partial charge in [0, 0.05) is 30.2 Å². The third kappa shape index (κ3) is 2.39. The van der Waals surface area contributed by atoms with Crippen molar-refractivity contribution in [1.82, 2.24) is 4.98 Å². The number of pyridine rings is 1. The van der Waals surface area contributed by atoms with E-state index in [0.717, 1.165) is 54.0 Å². The van der Waals surface area contributed by atoms with Gasteiger partial charge in [0.2, 0.25) is 0 Å². The van der Waals surface area contributed by atoms with Crippen molar-refractivity contribution < 1.29 is 9.53 Å². The maximum atomic E-state index is 11.8. The number of morpholine rings is 1. The van der Waals surface area contributed by atoms with E-state index >= 15 is 0 Å². The fraction of sp³-hybridized carbons (Fsp3) is 0.375. The number of hydrogen-bond donors (Lipinski definition) is 0. The minimum Gasteiger partial charge on any atom is -0.378 e. The number of ketones is 1. The molecule has 4 nitrogen and oxygen atoms in total. The van der Waals surface area contributed by atoms with Crippen LogP contribution in [0.15, 0.2) is 24.4 Å². The van der Waals surface area contributed by atoms with Gasteiger partial charge in [-0.2, -0.15) is 0 Å². The molecule has 1 aromatic heterocycles. The number of carbonyl (C=O) groups is 1. The van der Waals surface area contributed by atoms with Crippen molar-refractivity contribution in [1.29, 1.82) is 0 Å². The van der Waals surface area contributed by atoms with Crippen LogP contribution in [0.4, 0.5) is 5.82 Å². The van der Waals surface area contributed by atoms with E-state index < -0.39 is 0 Å². The van der Waals surface area contributed by atoms with Gasteiger partial charge < -0.3 is 9.64 Å². The maximum Gasteiger partial charge on any atom is 0.160 e. The van der Waals surface area contributed by atoms with Gasteiger partial charge in [0.15, 0.2) is 5.78 Å². The first-order chi connectivity index (χ1) is 9.65. The number of carbonyl (C=O) groups excluding carboxylic acids is 1. The van der Waals surface area contributed by atoms with E-state index in [4.69, 9.17) is 4.74 Å². The highest BCUT2D eigenvalue weighted by Gasteiger charge is 2.14. The van der Waals surface area contributed by atoms with Gasteiger partial charge >= 0.3 is 0 Å². The van der Waals surface area contributed by atoms with Gasteiger partial charge in [0.25, 0.3) is 0 Å². The molecule has 0 radical (unpaired) electrons. The van der Waals surface area contributed by atoms with E-state index in [2.05, 4.69) is 16.0 Å². The molecule has 0 bridgehead atoms. The summed E-state index contributed by atoms with van der Waals surface area (Å²) in [7, 11) is 0. The Labute approximate surface area is 118 Å². The highest BCUT2D eigenvalue weighted by Crippen LogP contribution is 2.25. The van der Waals surface area contributed by atoms with Crippen LogP contribution in [-0.4, -0.2) is 37.1 Å². The smallest absolute Gasteiger partial charge is 0.160 e. The molecule has 1 fully saturated rings. The second kappa shape index (κ2) is 5.21. The van der Waals surface area contributed by atoms with E-state index in [9.17, 15) is 4.79 Å². The molecule has 104 valence electrons. The standard InChI is InChI=1S/C16H18N2O2/c1-11-7-13-10-17-16(18-3-5-20-6-4-18)9-15(13)14(8-11)12(2)19/h7-10H,3-6H2,1-2H3. The highest BCUT2D eigenvalue weighted by molar-refractivity contribution is 6.07. The Balaban J connectivity index is 2.11. The highest BCUT2D eigenvalue weighted by atomic mass is 16.5. The number of ether oxygens (including phenoxy) is 1. The zero-order valence-electron chi connectivity index (χ0n) is 11.8. The number of Topliss-reactive ketones (excluding diaryl/α,β-unsaturated/α-hetero) is 1. The zero-order valence-corrected chi connectivity index (χ0v) is 11.8. The summed E-state index contributed by atoms with van der Waals surface area (Å²) in [6.45, 7) is 6.77. The third-order valence-corrected chi connectivity index (χ3v) is 3.68. The lowest BCUT2D eigenvalue weighted by molar-refractivity contribution is 0.101. The fourth-order valence-corrected chi connectivity index (χ4v) is 2.65. The molecule has 0 aliphatic carbocycles. The third-order valence-electron chi connectivity index (χ3n) is 3.68. The van der Waals surface area contributed by atoms with Crippen molar-refractivity contribution >= 4 is 22.4 Å². The Morgan fingerprint density at radius 3 is 2.70 bits per heavy atom. The Morgan fingerprint density at radius 2 is 2.00 bits per heavy atom. The van der Waals surface area contributed by atoms with Crippen molar-refractivity contribution in [3.63, 3.8) is 0 Å². The lowest BCUT2D eigenvalue weighted by Crippen LogP contribution is -2.36. The summed E-state index contributed by atoms with van der Waals surface area (Å²) in [5.74, 6) is 1.02. The van der Waals surface area contributed by atoms with Crippen LogP contribution in [0.1, 0.15) is 22.8 Å². The van der Waals surface area contributed by atoms with E-state index in [0.29, 0.717) is 0 Å². The zero-order chi connectivity index (χ0) is 14.1. The molecular weight excluding hydrogens is 252 g/mol. The van der Waals surface area contributed by atoms with Gasteiger partial charge in [0.05, 0.1) is 13.2 Å². The molecule has 0 amide bonds. The van der Waals surface area contributed by atoms with Crippen LogP contribution in [0.25, 0.3) is 10.8 Å². The molecule has 1 saturated heterocycles. The van der Waals surface area contributed by atoms with Crippen molar-refractivity contribution in [3.8, 4) is 0 Å². The quantitative estimate of drug-likeness (QED) is 0.787. The van der Waals surface area contributed by atoms with Crippen molar-refractivity contribution in [2.24, 2.45) is 0 Å². The average Bonchev–Trinajstić information content (AvgIpc) is 2.46. The van der Waals surface area contributed by atoms with Gasteiger partial charge in [-0.25, -0.2) is 4.98 Å². The van der Waals surface area contributed by atoms with Crippen molar-refractivity contribution in [2.75, 3.05) is 31.2 Å². The molecule has 2 aromatic rings. The van der Waals surface area contributed by atoms with E-state index in [1.165, 1.54) is 0 Å². The average molecular weight is 270 g/mol. The van der Waals surface area contributed by atoms with Crippen LogP contribution >= 0.6 is 0 Å². The SMILES string of the molecule is CC(=O)c1cc(C)cc2cnc(N3CCOCC3)cc12. The Hall–Kier alpha value is -1.94.